The smallest absolute Gasteiger partial charge is 0.268 e. The number of rotatable bonds is 5. The van der Waals surface area contributed by atoms with Gasteiger partial charge < -0.3 is 4.74 Å². The molecule has 0 radical (unpaired) electrons. The van der Waals surface area contributed by atoms with Crippen molar-refractivity contribution in [1.82, 2.24) is 0 Å². The first-order chi connectivity index (χ1) is 7.03. The van der Waals surface area contributed by atoms with Crippen molar-refractivity contribution in [2.45, 2.75) is 19.0 Å². The van der Waals surface area contributed by atoms with Crippen LogP contribution in [-0.2, 0) is 4.74 Å². The van der Waals surface area contributed by atoms with Crippen LogP contribution in [-0.4, -0.2) is 17.9 Å². The van der Waals surface area contributed by atoms with Crippen molar-refractivity contribution in [3.8, 4) is 0 Å². The van der Waals surface area contributed by atoms with Crippen LogP contribution in [0.25, 0.3) is 0 Å². The van der Waals surface area contributed by atoms with Crippen LogP contribution in [0.15, 0.2) is 30.3 Å². The second-order valence-corrected chi connectivity index (χ2v) is 4.08. The predicted molar refractivity (Wildman–Crippen MR) is 59.6 cm³/mol. The number of alkyl halides is 3. The van der Waals surface area contributed by atoms with Crippen LogP contribution in [0.1, 0.15) is 18.6 Å². The summed E-state index contributed by atoms with van der Waals surface area (Å²) in [6.45, 7) is 0.293. The van der Waals surface area contributed by atoms with Gasteiger partial charge in [-0.05, 0) is 5.56 Å². The Morgan fingerprint density at radius 3 is 2.40 bits per heavy atom. The van der Waals surface area contributed by atoms with Gasteiger partial charge in [-0.15, -0.1) is 0 Å². The van der Waals surface area contributed by atoms with Crippen molar-refractivity contribution < 1.29 is 13.5 Å². The predicted octanol–water partition coefficient (Wildman–Crippen LogP) is 3.79. The maximum absolute atomic E-state index is 12.6. The SMILES string of the molecule is CC(F)(F)COC(CBr)c1ccccc1. The number of hydrogen-bond acceptors (Lipinski definition) is 1. The highest BCUT2D eigenvalue weighted by molar-refractivity contribution is 9.09. The van der Waals surface area contributed by atoms with E-state index in [1.807, 2.05) is 30.3 Å². The Bertz CT molecular complexity index is 284. The third-order valence-electron chi connectivity index (χ3n) is 1.85. The first-order valence-electron chi connectivity index (χ1n) is 4.63. The zero-order chi connectivity index (χ0) is 11.3. The molecule has 0 aliphatic carbocycles. The summed E-state index contributed by atoms with van der Waals surface area (Å²) in [4.78, 5) is 0. The van der Waals surface area contributed by atoms with E-state index in [-0.39, 0.29) is 6.10 Å². The van der Waals surface area contributed by atoms with E-state index in [1.54, 1.807) is 0 Å². The van der Waals surface area contributed by atoms with E-state index < -0.39 is 12.5 Å². The molecule has 15 heavy (non-hydrogen) atoms. The van der Waals surface area contributed by atoms with Crippen LogP contribution in [0.5, 0.6) is 0 Å². The zero-order valence-corrected chi connectivity index (χ0v) is 10.0. The van der Waals surface area contributed by atoms with Gasteiger partial charge >= 0.3 is 0 Å². The Morgan fingerprint density at radius 2 is 1.93 bits per heavy atom. The van der Waals surface area contributed by atoms with Crippen molar-refractivity contribution in [3.05, 3.63) is 35.9 Å². The van der Waals surface area contributed by atoms with Crippen molar-refractivity contribution >= 4 is 15.9 Å². The molecule has 0 N–H and O–H groups in total. The summed E-state index contributed by atoms with van der Waals surface area (Å²) in [6, 6.07) is 9.32. The van der Waals surface area contributed by atoms with Crippen LogP contribution in [0.4, 0.5) is 8.78 Å². The second kappa shape index (κ2) is 5.56. The monoisotopic (exact) mass is 278 g/mol. The van der Waals surface area contributed by atoms with Crippen molar-refractivity contribution in [1.29, 1.82) is 0 Å². The molecule has 4 heteroatoms. The number of halogens is 3. The van der Waals surface area contributed by atoms with Crippen molar-refractivity contribution in [2.24, 2.45) is 0 Å². The molecule has 1 unspecified atom stereocenters. The molecule has 0 aliphatic heterocycles. The molecule has 0 aliphatic rings. The van der Waals surface area contributed by atoms with Gasteiger partial charge in [0.2, 0.25) is 0 Å². The summed E-state index contributed by atoms with van der Waals surface area (Å²) in [5, 5.41) is 0.507. The number of hydrogen-bond donors (Lipinski definition) is 0. The number of benzene rings is 1. The molecule has 0 aromatic heterocycles. The molecule has 1 aromatic rings. The first-order valence-corrected chi connectivity index (χ1v) is 5.75. The largest absolute Gasteiger partial charge is 0.366 e. The normalized spacial score (nSPS) is 13.9. The van der Waals surface area contributed by atoms with Crippen LogP contribution in [0.3, 0.4) is 0 Å². The maximum Gasteiger partial charge on any atom is 0.268 e. The molecule has 84 valence electrons. The van der Waals surface area contributed by atoms with Crippen LogP contribution in [0.2, 0.25) is 0 Å². The molecule has 1 rings (SSSR count). The lowest BCUT2D eigenvalue weighted by atomic mass is 10.1. The molecule has 0 amide bonds. The molecule has 0 saturated carbocycles. The highest BCUT2D eigenvalue weighted by atomic mass is 79.9. The molecule has 0 spiro atoms. The third-order valence-corrected chi connectivity index (χ3v) is 2.44. The lowest BCUT2D eigenvalue weighted by Crippen LogP contribution is -2.21. The lowest BCUT2D eigenvalue weighted by molar-refractivity contribution is -0.0828. The van der Waals surface area contributed by atoms with E-state index in [4.69, 9.17) is 4.74 Å². The highest BCUT2D eigenvalue weighted by Crippen LogP contribution is 2.22. The maximum atomic E-state index is 12.6. The van der Waals surface area contributed by atoms with Gasteiger partial charge in [-0.1, -0.05) is 46.3 Å². The summed E-state index contributed by atoms with van der Waals surface area (Å²) >= 11 is 3.25. The Kier molecular flexibility index (Phi) is 4.67. The fourth-order valence-corrected chi connectivity index (χ4v) is 1.71. The standard InChI is InChI=1S/C11H13BrF2O/c1-11(13,14)8-15-10(7-12)9-5-3-2-4-6-9/h2-6,10H,7-8H2,1H3. The van der Waals surface area contributed by atoms with Gasteiger partial charge in [0.15, 0.2) is 0 Å². The molecule has 0 heterocycles. The fraction of sp³-hybridized carbons (Fsp3) is 0.455. The van der Waals surface area contributed by atoms with Gasteiger partial charge in [0, 0.05) is 12.3 Å². The summed E-state index contributed by atoms with van der Waals surface area (Å²) in [6.07, 6.45) is -0.322. The van der Waals surface area contributed by atoms with E-state index in [1.165, 1.54) is 0 Å². The molecule has 0 bridgehead atoms. The first kappa shape index (κ1) is 12.6. The molecular formula is C11H13BrF2O. The molecule has 0 fully saturated rings. The average Bonchev–Trinajstić information content (AvgIpc) is 2.19. The molecule has 1 atom stereocenters. The Labute approximate surface area is 96.6 Å². The van der Waals surface area contributed by atoms with Gasteiger partial charge in [0.1, 0.15) is 6.61 Å². The molecule has 0 saturated heterocycles. The summed E-state index contributed by atoms with van der Waals surface area (Å²) in [5.41, 5.74) is 0.902. The lowest BCUT2D eigenvalue weighted by Gasteiger charge is -2.18. The van der Waals surface area contributed by atoms with Gasteiger partial charge in [-0.2, -0.15) is 0 Å². The Balaban J connectivity index is 2.58. The van der Waals surface area contributed by atoms with Gasteiger partial charge in [-0.3, -0.25) is 0 Å². The number of ether oxygens (including phenoxy) is 1. The summed E-state index contributed by atoms with van der Waals surface area (Å²) in [5.74, 6) is -2.78. The minimum atomic E-state index is -2.78. The fourth-order valence-electron chi connectivity index (χ4n) is 1.14. The van der Waals surface area contributed by atoms with E-state index in [0.717, 1.165) is 12.5 Å². The quantitative estimate of drug-likeness (QED) is 0.745. The van der Waals surface area contributed by atoms with Crippen molar-refractivity contribution in [3.63, 3.8) is 0 Å². The van der Waals surface area contributed by atoms with E-state index >= 15 is 0 Å². The minimum Gasteiger partial charge on any atom is -0.366 e. The average molecular weight is 279 g/mol. The molecule has 1 aromatic carbocycles. The second-order valence-electron chi connectivity index (χ2n) is 3.43. The van der Waals surface area contributed by atoms with Gasteiger partial charge in [0.25, 0.3) is 5.92 Å². The third kappa shape index (κ3) is 4.71. The molecule has 1 nitrogen and oxygen atoms in total. The summed E-state index contributed by atoms with van der Waals surface area (Å²) in [7, 11) is 0. The van der Waals surface area contributed by atoms with Gasteiger partial charge in [-0.25, -0.2) is 8.78 Å². The highest BCUT2D eigenvalue weighted by Gasteiger charge is 2.23. The minimum absolute atomic E-state index is 0.322. The van der Waals surface area contributed by atoms with Crippen molar-refractivity contribution in [2.75, 3.05) is 11.9 Å². The summed E-state index contributed by atoms with van der Waals surface area (Å²) < 4.78 is 30.3. The topological polar surface area (TPSA) is 9.23 Å². The van der Waals surface area contributed by atoms with Crippen LogP contribution >= 0.6 is 15.9 Å². The van der Waals surface area contributed by atoms with E-state index in [9.17, 15) is 8.78 Å². The van der Waals surface area contributed by atoms with E-state index in [0.29, 0.717) is 5.33 Å². The Morgan fingerprint density at radius 1 is 1.33 bits per heavy atom. The van der Waals surface area contributed by atoms with Crippen LogP contribution in [0, 0.1) is 0 Å². The zero-order valence-electron chi connectivity index (χ0n) is 8.42. The van der Waals surface area contributed by atoms with E-state index in [2.05, 4.69) is 15.9 Å². The Hall–Kier alpha value is -0.480. The van der Waals surface area contributed by atoms with Gasteiger partial charge in [0.05, 0.1) is 6.10 Å². The van der Waals surface area contributed by atoms with Crippen LogP contribution < -0.4 is 0 Å². The molecular weight excluding hydrogens is 266 g/mol.